The lowest BCUT2D eigenvalue weighted by Gasteiger charge is -2.22. The molecule has 0 amide bonds. The van der Waals surface area contributed by atoms with Gasteiger partial charge in [-0.2, -0.15) is 0 Å². The molecule has 5 heteroatoms. The predicted octanol–water partition coefficient (Wildman–Crippen LogP) is 7.35. The van der Waals surface area contributed by atoms with Crippen LogP contribution in [0.5, 0.6) is 0 Å². The lowest BCUT2D eigenvalue weighted by Crippen LogP contribution is -2.11. The molecule has 0 radical (unpaired) electrons. The largest absolute Gasteiger partial charge is 0.364 e. The van der Waals surface area contributed by atoms with Gasteiger partial charge in [0.1, 0.15) is 6.35 Å². The Bertz CT molecular complexity index is 669. The average molecular weight is 409 g/mol. The lowest BCUT2D eigenvalue weighted by molar-refractivity contribution is 0.0931. The third-order valence-corrected chi connectivity index (χ3v) is 5.73. The molecule has 0 unspecified atom stereocenters. The molecule has 0 aliphatic heterocycles. The zero-order valence-electron chi connectivity index (χ0n) is 18.5. The van der Waals surface area contributed by atoms with Crippen molar-refractivity contribution in [2.24, 2.45) is 0 Å². The fraction of sp³-hybridized carbons (Fsp3) is 0.565. The molecule has 0 atom stereocenters. The molecule has 0 spiro atoms. The highest BCUT2D eigenvalue weighted by molar-refractivity contribution is 7.53. The maximum absolute atomic E-state index is 12.7. The molecule has 0 bridgehead atoms. The Morgan fingerprint density at radius 3 is 2.07 bits per heavy atom. The van der Waals surface area contributed by atoms with Gasteiger partial charge in [0.15, 0.2) is 0 Å². The van der Waals surface area contributed by atoms with Gasteiger partial charge < -0.3 is 13.8 Å². The van der Waals surface area contributed by atoms with Gasteiger partial charge >= 0.3 is 7.60 Å². The third kappa shape index (κ3) is 11.0. The molecule has 0 saturated carbocycles. The van der Waals surface area contributed by atoms with Crippen molar-refractivity contribution < 1.29 is 18.3 Å². The molecular formula is C23H37O4P. The van der Waals surface area contributed by atoms with E-state index in [2.05, 4.69) is 45.1 Å². The Balaban J connectivity index is 2.57. The van der Waals surface area contributed by atoms with Crippen molar-refractivity contribution in [2.75, 3.05) is 6.35 Å². The van der Waals surface area contributed by atoms with Crippen molar-refractivity contribution in [2.45, 2.75) is 80.1 Å². The fourth-order valence-electron chi connectivity index (χ4n) is 2.66. The molecule has 1 aromatic rings. The Morgan fingerprint density at radius 1 is 1.00 bits per heavy atom. The molecular weight excluding hydrogens is 371 g/mol. The van der Waals surface area contributed by atoms with Crippen molar-refractivity contribution in [1.82, 2.24) is 0 Å². The Labute approximate surface area is 171 Å². The summed E-state index contributed by atoms with van der Waals surface area (Å²) in [4.78, 5) is 0. The van der Waals surface area contributed by atoms with Crippen LogP contribution in [0.3, 0.4) is 0 Å². The van der Waals surface area contributed by atoms with Crippen LogP contribution in [0.1, 0.15) is 72.4 Å². The van der Waals surface area contributed by atoms with E-state index in [0.717, 1.165) is 18.4 Å². The van der Waals surface area contributed by atoms with Gasteiger partial charge in [-0.3, -0.25) is 4.57 Å². The molecule has 28 heavy (non-hydrogen) atoms. The van der Waals surface area contributed by atoms with Crippen LogP contribution < -0.4 is 0 Å². The highest BCUT2D eigenvalue weighted by atomic mass is 31.2. The summed E-state index contributed by atoms with van der Waals surface area (Å²) in [7, 11) is -3.25. The molecule has 0 saturated heterocycles. The van der Waals surface area contributed by atoms with Crippen molar-refractivity contribution in [3.63, 3.8) is 0 Å². The van der Waals surface area contributed by atoms with E-state index in [1.165, 1.54) is 16.7 Å². The topological polar surface area (TPSA) is 44.8 Å². The van der Waals surface area contributed by atoms with Crippen LogP contribution in [-0.4, -0.2) is 18.6 Å². The molecule has 0 N–H and O–H groups in total. The minimum Gasteiger partial charge on any atom is -0.364 e. The average Bonchev–Trinajstić information content (AvgIpc) is 2.54. The molecule has 4 nitrogen and oxygen atoms in total. The summed E-state index contributed by atoms with van der Waals surface area (Å²) in [5.41, 5.74) is 4.92. The SMILES string of the molecule is CC(C)=CCC/C(C)=C/c1ccc(COCP(=O)(OC(C)C)OC(C)C)cc1. The number of ether oxygens (including phenoxy) is 1. The Kier molecular flexibility index (Phi) is 11.0. The molecule has 0 aliphatic rings. The quantitative estimate of drug-likeness (QED) is 0.268. The Hall–Kier alpha value is -1.19. The standard InChI is InChI=1S/C23H37O4P/c1-18(2)9-8-10-21(7)15-22-11-13-23(14-12-22)16-25-17-28(24,26-19(3)4)27-20(5)6/h9,11-15,19-20H,8,10,16-17H2,1-7H3/b21-15+. The summed E-state index contributed by atoms with van der Waals surface area (Å²) in [6.45, 7) is 14.1. The van der Waals surface area contributed by atoms with Gasteiger partial charge in [-0.15, -0.1) is 0 Å². The highest BCUT2D eigenvalue weighted by Crippen LogP contribution is 2.50. The molecule has 0 aliphatic carbocycles. The highest BCUT2D eigenvalue weighted by Gasteiger charge is 2.28. The number of hydrogen-bond acceptors (Lipinski definition) is 4. The molecule has 158 valence electrons. The van der Waals surface area contributed by atoms with E-state index in [0.29, 0.717) is 6.61 Å². The summed E-state index contributed by atoms with van der Waals surface area (Å²) in [6.07, 6.45) is 6.21. The van der Waals surface area contributed by atoms with Crippen LogP contribution in [0, 0.1) is 0 Å². The first kappa shape index (κ1) is 24.8. The maximum atomic E-state index is 12.7. The van der Waals surface area contributed by atoms with Crippen LogP contribution >= 0.6 is 7.60 Å². The second-order valence-corrected chi connectivity index (χ2v) is 9.85. The first-order valence-electron chi connectivity index (χ1n) is 10.0. The normalized spacial score (nSPS) is 12.7. The van der Waals surface area contributed by atoms with Crippen molar-refractivity contribution in [1.29, 1.82) is 0 Å². The summed E-state index contributed by atoms with van der Waals surface area (Å²) in [6, 6.07) is 8.23. The van der Waals surface area contributed by atoms with Gasteiger partial charge in [-0.05, 0) is 72.4 Å². The number of hydrogen-bond donors (Lipinski definition) is 0. The van der Waals surface area contributed by atoms with Crippen molar-refractivity contribution in [3.05, 3.63) is 52.6 Å². The molecule has 1 rings (SSSR count). The van der Waals surface area contributed by atoms with Gasteiger partial charge in [-0.1, -0.05) is 47.6 Å². The van der Waals surface area contributed by atoms with Crippen LogP contribution in [0.15, 0.2) is 41.5 Å². The predicted molar refractivity (Wildman–Crippen MR) is 118 cm³/mol. The van der Waals surface area contributed by atoms with E-state index in [1.807, 2.05) is 39.8 Å². The molecule has 1 aromatic carbocycles. The summed E-state index contributed by atoms with van der Waals surface area (Å²) >= 11 is 0. The lowest BCUT2D eigenvalue weighted by atomic mass is 10.1. The van der Waals surface area contributed by atoms with Gasteiger partial charge in [-0.25, -0.2) is 0 Å². The number of benzene rings is 1. The summed E-state index contributed by atoms with van der Waals surface area (Å²) in [5.74, 6) is 0. The zero-order chi connectivity index (χ0) is 21.2. The second-order valence-electron chi connectivity index (χ2n) is 7.95. The van der Waals surface area contributed by atoms with Crippen LogP contribution in [-0.2, 0) is 25.0 Å². The van der Waals surface area contributed by atoms with Gasteiger partial charge in [0.25, 0.3) is 0 Å². The molecule has 0 heterocycles. The first-order valence-corrected chi connectivity index (χ1v) is 11.8. The monoisotopic (exact) mass is 408 g/mol. The van der Waals surface area contributed by atoms with Gasteiger partial charge in [0.2, 0.25) is 0 Å². The molecule has 0 fully saturated rings. The van der Waals surface area contributed by atoms with Crippen LogP contribution in [0.25, 0.3) is 6.08 Å². The minimum atomic E-state index is -3.25. The smallest absolute Gasteiger partial charge is 0.356 e. The van der Waals surface area contributed by atoms with E-state index in [-0.39, 0.29) is 18.6 Å². The van der Waals surface area contributed by atoms with Gasteiger partial charge in [0.05, 0.1) is 18.8 Å². The van der Waals surface area contributed by atoms with Crippen molar-refractivity contribution in [3.8, 4) is 0 Å². The van der Waals surface area contributed by atoms with E-state index in [9.17, 15) is 4.57 Å². The minimum absolute atomic E-state index is 0.0471. The first-order chi connectivity index (χ1) is 13.1. The van der Waals surface area contributed by atoms with Gasteiger partial charge in [0, 0.05) is 0 Å². The van der Waals surface area contributed by atoms with Crippen LogP contribution in [0.4, 0.5) is 0 Å². The van der Waals surface area contributed by atoms with E-state index >= 15 is 0 Å². The zero-order valence-corrected chi connectivity index (χ0v) is 19.4. The van der Waals surface area contributed by atoms with Crippen LogP contribution in [0.2, 0.25) is 0 Å². The summed E-state index contributed by atoms with van der Waals surface area (Å²) in [5, 5.41) is 0. The summed E-state index contributed by atoms with van der Waals surface area (Å²) < 4.78 is 29.4. The Morgan fingerprint density at radius 2 is 1.57 bits per heavy atom. The fourth-order valence-corrected chi connectivity index (χ4v) is 4.43. The maximum Gasteiger partial charge on any atom is 0.356 e. The van der Waals surface area contributed by atoms with Crippen molar-refractivity contribution >= 4 is 13.7 Å². The number of allylic oxidation sites excluding steroid dienone is 3. The second kappa shape index (κ2) is 12.4. The van der Waals surface area contributed by atoms with E-state index < -0.39 is 7.60 Å². The molecule has 0 aromatic heterocycles. The third-order valence-electron chi connectivity index (χ3n) is 3.75. The van der Waals surface area contributed by atoms with E-state index in [1.54, 1.807) is 0 Å². The number of rotatable bonds is 12. The van der Waals surface area contributed by atoms with E-state index in [4.69, 9.17) is 13.8 Å².